The lowest BCUT2D eigenvalue weighted by atomic mass is 9.90. The molecule has 0 spiro atoms. The lowest BCUT2D eigenvalue weighted by Crippen LogP contribution is -2.26. The molecule has 4 nitrogen and oxygen atoms in total. The van der Waals surface area contributed by atoms with Gasteiger partial charge in [-0.05, 0) is 53.8 Å². The number of carbonyl (C=O) groups excluding carboxylic acids is 1. The van der Waals surface area contributed by atoms with Crippen molar-refractivity contribution in [2.24, 2.45) is 10.9 Å². The fraction of sp³-hybridized carbons (Fsp3) is 0.310. The summed E-state index contributed by atoms with van der Waals surface area (Å²) in [6.07, 6.45) is -3.76. The number of hydrogen-bond acceptors (Lipinski definition) is 4. The van der Waals surface area contributed by atoms with E-state index < -0.39 is 35.9 Å². The van der Waals surface area contributed by atoms with E-state index in [1.54, 1.807) is 24.3 Å². The molecule has 3 aromatic rings. The van der Waals surface area contributed by atoms with E-state index >= 15 is 0 Å². The molecule has 1 aliphatic heterocycles. The number of esters is 1. The van der Waals surface area contributed by atoms with Crippen LogP contribution in [0.15, 0.2) is 71.7 Å². The van der Waals surface area contributed by atoms with Gasteiger partial charge in [-0.25, -0.2) is 8.78 Å². The van der Waals surface area contributed by atoms with Crippen molar-refractivity contribution in [3.05, 3.63) is 89.5 Å². The first-order valence-electron chi connectivity index (χ1n) is 12.3. The fourth-order valence-corrected chi connectivity index (χ4v) is 4.52. The van der Waals surface area contributed by atoms with E-state index in [2.05, 4.69) is 9.73 Å². The molecule has 0 aromatic heterocycles. The zero-order chi connectivity index (χ0) is 27.4. The van der Waals surface area contributed by atoms with Gasteiger partial charge in [0.1, 0.15) is 23.5 Å². The number of benzene rings is 3. The second-order valence-corrected chi connectivity index (χ2v) is 9.00. The van der Waals surface area contributed by atoms with Crippen LogP contribution in [0.1, 0.15) is 50.3 Å². The molecule has 0 saturated carbocycles. The molecule has 1 aliphatic rings. The number of alkyl halides is 3. The van der Waals surface area contributed by atoms with Crippen molar-refractivity contribution in [2.75, 3.05) is 0 Å². The van der Waals surface area contributed by atoms with Crippen LogP contribution in [0, 0.1) is 17.6 Å². The highest BCUT2D eigenvalue weighted by molar-refractivity contribution is 6.04. The van der Waals surface area contributed by atoms with E-state index in [0.29, 0.717) is 29.5 Å². The van der Waals surface area contributed by atoms with Crippen molar-refractivity contribution in [3.8, 4) is 16.9 Å². The molecule has 9 heteroatoms. The van der Waals surface area contributed by atoms with Crippen LogP contribution in [0.5, 0.6) is 5.75 Å². The minimum atomic E-state index is -4.78. The van der Waals surface area contributed by atoms with E-state index in [1.165, 1.54) is 30.3 Å². The predicted octanol–water partition coefficient (Wildman–Crippen LogP) is 7.81. The first-order chi connectivity index (χ1) is 18.1. The minimum Gasteiger partial charge on any atom is -0.462 e. The molecule has 1 heterocycles. The van der Waals surface area contributed by atoms with Crippen LogP contribution in [0.2, 0.25) is 0 Å². The molecule has 2 atom stereocenters. The van der Waals surface area contributed by atoms with Gasteiger partial charge in [-0.2, -0.15) is 0 Å². The standard InChI is InChI=1S/C29H26F5NO3/c1-3-20(4-2)37-28(36)22-16-25(26-23(30)6-5-7-24(26)31)35-27(22)19-10-8-17(9-11-19)18-12-14-21(15-13-18)38-29(32,33)34/h5-15,20,22,27H,3-4,16H2,1-2H3/t22-,27-/m0/s1. The van der Waals surface area contributed by atoms with E-state index in [9.17, 15) is 26.7 Å². The molecule has 3 aromatic carbocycles. The molecule has 0 saturated heterocycles. The van der Waals surface area contributed by atoms with Crippen LogP contribution in [0.25, 0.3) is 11.1 Å². The molecule has 0 aliphatic carbocycles. The Morgan fingerprint density at radius 3 is 2.00 bits per heavy atom. The van der Waals surface area contributed by atoms with E-state index in [-0.39, 0.29) is 29.5 Å². The van der Waals surface area contributed by atoms with Crippen LogP contribution in [-0.4, -0.2) is 24.1 Å². The summed E-state index contributed by atoms with van der Waals surface area (Å²) in [6.45, 7) is 3.81. The zero-order valence-electron chi connectivity index (χ0n) is 20.8. The summed E-state index contributed by atoms with van der Waals surface area (Å²) in [5, 5.41) is 0. The van der Waals surface area contributed by atoms with Crippen LogP contribution < -0.4 is 4.74 Å². The minimum absolute atomic E-state index is 0.0178. The van der Waals surface area contributed by atoms with Crippen molar-refractivity contribution in [2.45, 2.75) is 51.6 Å². The summed E-state index contributed by atoms with van der Waals surface area (Å²) in [7, 11) is 0. The quantitative estimate of drug-likeness (QED) is 0.220. The molecule has 0 N–H and O–H groups in total. The highest BCUT2D eigenvalue weighted by Gasteiger charge is 2.39. The number of ether oxygens (including phenoxy) is 2. The Morgan fingerprint density at radius 1 is 0.921 bits per heavy atom. The fourth-order valence-electron chi connectivity index (χ4n) is 4.52. The second kappa shape index (κ2) is 11.3. The van der Waals surface area contributed by atoms with Gasteiger partial charge in [0.2, 0.25) is 0 Å². The van der Waals surface area contributed by atoms with Gasteiger partial charge < -0.3 is 9.47 Å². The maximum atomic E-state index is 14.5. The molecule has 200 valence electrons. The Hall–Kier alpha value is -3.75. The molecular weight excluding hydrogens is 505 g/mol. The summed E-state index contributed by atoms with van der Waals surface area (Å²) >= 11 is 0. The topological polar surface area (TPSA) is 47.9 Å². The first-order valence-corrected chi connectivity index (χ1v) is 12.3. The molecule has 0 radical (unpaired) electrons. The SMILES string of the molecule is CCC(CC)OC(=O)[C@H]1CC(c2c(F)cccc2F)=N[C@H]1c1ccc(-c2ccc(OC(F)(F)F)cc2)cc1. The molecular formula is C29H26F5NO3. The van der Waals surface area contributed by atoms with Crippen molar-refractivity contribution in [1.29, 1.82) is 0 Å². The second-order valence-electron chi connectivity index (χ2n) is 9.00. The molecule has 38 heavy (non-hydrogen) atoms. The van der Waals surface area contributed by atoms with Gasteiger partial charge in [0, 0.05) is 12.1 Å². The van der Waals surface area contributed by atoms with Crippen molar-refractivity contribution in [1.82, 2.24) is 0 Å². The molecule has 0 fully saturated rings. The molecule has 4 rings (SSSR count). The Bertz CT molecular complexity index is 1280. The van der Waals surface area contributed by atoms with Crippen LogP contribution in [-0.2, 0) is 9.53 Å². The lowest BCUT2D eigenvalue weighted by molar-refractivity contribution is -0.274. The monoisotopic (exact) mass is 531 g/mol. The van der Waals surface area contributed by atoms with Gasteiger partial charge in [0.05, 0.1) is 17.5 Å². The summed E-state index contributed by atoms with van der Waals surface area (Å²) < 4.78 is 75.9. The Labute approximate surface area is 217 Å². The van der Waals surface area contributed by atoms with Gasteiger partial charge in [-0.1, -0.05) is 56.3 Å². The Balaban J connectivity index is 1.63. The third-order valence-electron chi connectivity index (χ3n) is 6.51. The summed E-state index contributed by atoms with van der Waals surface area (Å²) in [4.78, 5) is 17.7. The van der Waals surface area contributed by atoms with Gasteiger partial charge in [0.15, 0.2) is 0 Å². The number of carbonyl (C=O) groups is 1. The van der Waals surface area contributed by atoms with Crippen LogP contribution >= 0.6 is 0 Å². The van der Waals surface area contributed by atoms with Crippen LogP contribution in [0.4, 0.5) is 22.0 Å². The molecule has 0 bridgehead atoms. The largest absolute Gasteiger partial charge is 0.573 e. The Kier molecular flexibility index (Phi) is 8.14. The smallest absolute Gasteiger partial charge is 0.462 e. The average molecular weight is 532 g/mol. The lowest BCUT2D eigenvalue weighted by Gasteiger charge is -2.21. The summed E-state index contributed by atoms with van der Waals surface area (Å²) in [5.41, 5.74) is 1.91. The third kappa shape index (κ3) is 6.20. The van der Waals surface area contributed by atoms with Gasteiger partial charge in [-0.3, -0.25) is 9.79 Å². The predicted molar refractivity (Wildman–Crippen MR) is 133 cm³/mol. The average Bonchev–Trinajstić information content (AvgIpc) is 3.32. The molecule has 0 unspecified atom stereocenters. The maximum absolute atomic E-state index is 14.5. The van der Waals surface area contributed by atoms with E-state index in [1.807, 2.05) is 13.8 Å². The highest BCUT2D eigenvalue weighted by atomic mass is 19.4. The van der Waals surface area contributed by atoms with Crippen molar-refractivity contribution in [3.63, 3.8) is 0 Å². The maximum Gasteiger partial charge on any atom is 0.573 e. The summed E-state index contributed by atoms with van der Waals surface area (Å²) in [6, 6.07) is 15.2. The third-order valence-corrected chi connectivity index (χ3v) is 6.51. The highest BCUT2D eigenvalue weighted by Crippen LogP contribution is 2.39. The summed E-state index contributed by atoms with van der Waals surface area (Å²) in [5.74, 6) is -3.10. The molecule has 0 amide bonds. The van der Waals surface area contributed by atoms with Gasteiger partial charge >= 0.3 is 12.3 Å². The van der Waals surface area contributed by atoms with Crippen LogP contribution in [0.3, 0.4) is 0 Å². The zero-order valence-corrected chi connectivity index (χ0v) is 20.8. The normalized spacial score (nSPS) is 17.4. The number of nitrogens with zero attached hydrogens (tertiary/aromatic N) is 1. The number of aliphatic imine (C=N–C) groups is 1. The number of halogens is 5. The number of rotatable bonds is 8. The van der Waals surface area contributed by atoms with Gasteiger partial charge in [0.25, 0.3) is 0 Å². The van der Waals surface area contributed by atoms with Crippen molar-refractivity contribution >= 4 is 11.7 Å². The van der Waals surface area contributed by atoms with Gasteiger partial charge in [-0.15, -0.1) is 13.2 Å². The van der Waals surface area contributed by atoms with E-state index in [0.717, 1.165) is 12.1 Å². The van der Waals surface area contributed by atoms with E-state index in [4.69, 9.17) is 4.74 Å². The Morgan fingerprint density at radius 2 is 1.47 bits per heavy atom. The first kappa shape index (κ1) is 27.3. The number of hydrogen-bond donors (Lipinski definition) is 0. The van der Waals surface area contributed by atoms with Crippen molar-refractivity contribution < 1.29 is 36.2 Å².